The Morgan fingerprint density at radius 3 is 2.63 bits per heavy atom. The summed E-state index contributed by atoms with van der Waals surface area (Å²) in [6.07, 6.45) is 3.19. The Balaban J connectivity index is 1.62. The molecule has 0 fully saturated rings. The largest absolute Gasteiger partial charge is 0.378 e. The molecule has 2 aromatic heterocycles. The zero-order valence-electron chi connectivity index (χ0n) is 15.8. The second kappa shape index (κ2) is 8.08. The monoisotopic (exact) mass is 427 g/mol. The highest BCUT2D eigenvalue weighted by Crippen LogP contribution is 2.24. The van der Waals surface area contributed by atoms with Crippen LogP contribution in [0.1, 0.15) is 5.56 Å². The summed E-state index contributed by atoms with van der Waals surface area (Å²) in [5, 5.41) is 11.4. The third-order valence-electron chi connectivity index (χ3n) is 4.48. The van der Waals surface area contributed by atoms with Crippen LogP contribution in [0.15, 0.2) is 65.7 Å². The number of aryl methyl sites for hydroxylation is 1. The highest BCUT2D eigenvalue weighted by atomic mass is 35.5. The summed E-state index contributed by atoms with van der Waals surface area (Å²) in [7, 11) is 1.82. The van der Waals surface area contributed by atoms with Gasteiger partial charge in [-0.1, -0.05) is 41.9 Å². The lowest BCUT2D eigenvalue weighted by Gasteiger charge is -2.11. The number of nitrogens with one attached hydrogen (secondary N) is 1. The van der Waals surface area contributed by atoms with Gasteiger partial charge >= 0.3 is 0 Å². The highest BCUT2D eigenvalue weighted by molar-refractivity contribution is 6.32. The first kappa shape index (κ1) is 19.8. The Morgan fingerprint density at radius 2 is 1.90 bits per heavy atom. The van der Waals surface area contributed by atoms with Gasteiger partial charge in [0.25, 0.3) is 5.56 Å². The third kappa shape index (κ3) is 3.81. The van der Waals surface area contributed by atoms with Gasteiger partial charge in [0, 0.05) is 37.0 Å². The third-order valence-corrected chi connectivity index (χ3v) is 4.84. The van der Waals surface area contributed by atoms with Gasteiger partial charge in [-0.05, 0) is 12.1 Å². The first-order chi connectivity index (χ1) is 14.4. The minimum atomic E-state index is -0.913. The molecule has 2 heterocycles. The molecule has 0 unspecified atom stereocenters. The summed E-state index contributed by atoms with van der Waals surface area (Å²) in [5.41, 5.74) is 2.05. The Hall–Kier alpha value is -3.52. The molecule has 4 rings (SSSR count). The van der Waals surface area contributed by atoms with Crippen LogP contribution in [0.5, 0.6) is 0 Å². The molecule has 0 saturated heterocycles. The molecule has 0 spiro atoms. The van der Waals surface area contributed by atoms with E-state index in [0.717, 1.165) is 33.6 Å². The standard InChI is InChI=1S/C21H16ClF2N5O/c1-28-12-14(20(27-28)13-5-3-2-4-6-13)10-25-17-11-26-29(21(30)19(17)22)18-8-7-15(23)9-16(18)24/h2-9,11-12,25H,10H2,1H3. The van der Waals surface area contributed by atoms with E-state index in [-0.39, 0.29) is 10.7 Å². The smallest absolute Gasteiger partial charge is 0.292 e. The Morgan fingerprint density at radius 1 is 1.13 bits per heavy atom. The zero-order chi connectivity index (χ0) is 21.3. The van der Waals surface area contributed by atoms with Crippen LogP contribution in [0.25, 0.3) is 16.9 Å². The molecule has 0 aliphatic heterocycles. The van der Waals surface area contributed by atoms with Crippen LogP contribution in [-0.4, -0.2) is 19.6 Å². The number of aromatic nitrogens is 4. The minimum Gasteiger partial charge on any atom is -0.378 e. The van der Waals surface area contributed by atoms with Crippen molar-refractivity contribution in [2.45, 2.75) is 6.54 Å². The fraction of sp³-hybridized carbons (Fsp3) is 0.0952. The highest BCUT2D eigenvalue weighted by Gasteiger charge is 2.15. The maximum atomic E-state index is 14.0. The van der Waals surface area contributed by atoms with Gasteiger partial charge in [-0.15, -0.1) is 0 Å². The molecular weight excluding hydrogens is 412 g/mol. The van der Waals surface area contributed by atoms with Crippen molar-refractivity contribution in [3.05, 3.63) is 93.5 Å². The van der Waals surface area contributed by atoms with Crippen molar-refractivity contribution in [3.63, 3.8) is 0 Å². The molecule has 152 valence electrons. The average molecular weight is 428 g/mol. The van der Waals surface area contributed by atoms with E-state index in [1.54, 1.807) is 4.68 Å². The van der Waals surface area contributed by atoms with Gasteiger partial charge in [-0.25, -0.2) is 8.78 Å². The van der Waals surface area contributed by atoms with Gasteiger partial charge < -0.3 is 5.32 Å². The molecule has 4 aromatic rings. The van der Waals surface area contributed by atoms with Crippen molar-refractivity contribution < 1.29 is 8.78 Å². The van der Waals surface area contributed by atoms with E-state index in [4.69, 9.17) is 11.6 Å². The maximum absolute atomic E-state index is 14.0. The lowest BCUT2D eigenvalue weighted by atomic mass is 10.1. The lowest BCUT2D eigenvalue weighted by molar-refractivity contribution is 0.571. The van der Waals surface area contributed by atoms with E-state index in [0.29, 0.717) is 18.3 Å². The number of hydrogen-bond acceptors (Lipinski definition) is 4. The van der Waals surface area contributed by atoms with Crippen LogP contribution < -0.4 is 10.9 Å². The molecule has 0 radical (unpaired) electrons. The molecule has 0 aliphatic rings. The molecule has 0 bridgehead atoms. The Bertz CT molecular complexity index is 1270. The number of nitrogens with zero attached hydrogens (tertiary/aromatic N) is 4. The lowest BCUT2D eigenvalue weighted by Crippen LogP contribution is -2.23. The first-order valence-electron chi connectivity index (χ1n) is 8.99. The fourth-order valence-electron chi connectivity index (χ4n) is 3.08. The quantitative estimate of drug-likeness (QED) is 0.519. The topological polar surface area (TPSA) is 64.7 Å². The van der Waals surface area contributed by atoms with Gasteiger partial charge in [0.15, 0.2) is 5.82 Å². The zero-order valence-corrected chi connectivity index (χ0v) is 16.6. The van der Waals surface area contributed by atoms with Gasteiger partial charge in [0.05, 0.1) is 17.6 Å². The number of rotatable bonds is 5. The molecule has 2 aromatic carbocycles. The van der Waals surface area contributed by atoms with Crippen LogP contribution in [0, 0.1) is 11.6 Å². The van der Waals surface area contributed by atoms with Gasteiger partial charge in [0.2, 0.25) is 0 Å². The Labute approximate surface area is 175 Å². The van der Waals surface area contributed by atoms with Gasteiger partial charge in [-0.3, -0.25) is 9.48 Å². The second-order valence-electron chi connectivity index (χ2n) is 6.58. The molecule has 0 amide bonds. The summed E-state index contributed by atoms with van der Waals surface area (Å²) >= 11 is 6.21. The predicted molar refractivity (Wildman–Crippen MR) is 111 cm³/mol. The number of halogens is 3. The van der Waals surface area contributed by atoms with E-state index in [1.165, 1.54) is 6.20 Å². The molecule has 9 heteroatoms. The summed E-state index contributed by atoms with van der Waals surface area (Å²) in [5.74, 6) is -1.66. The van der Waals surface area contributed by atoms with Crippen molar-refractivity contribution in [1.82, 2.24) is 19.6 Å². The number of anilines is 1. The SMILES string of the molecule is Cn1cc(CNc2cnn(-c3ccc(F)cc3F)c(=O)c2Cl)c(-c2ccccc2)n1. The van der Waals surface area contributed by atoms with E-state index in [2.05, 4.69) is 15.5 Å². The van der Waals surface area contributed by atoms with E-state index >= 15 is 0 Å². The molecule has 0 atom stereocenters. The maximum Gasteiger partial charge on any atom is 0.292 e. The number of benzene rings is 2. The van der Waals surface area contributed by atoms with E-state index < -0.39 is 17.2 Å². The summed E-state index contributed by atoms with van der Waals surface area (Å²) in [4.78, 5) is 12.6. The molecule has 0 aliphatic carbocycles. The van der Waals surface area contributed by atoms with Gasteiger partial charge in [0.1, 0.15) is 16.5 Å². The first-order valence-corrected chi connectivity index (χ1v) is 9.37. The molecule has 30 heavy (non-hydrogen) atoms. The summed E-state index contributed by atoms with van der Waals surface area (Å²) < 4.78 is 29.6. The van der Waals surface area contributed by atoms with Crippen molar-refractivity contribution >= 4 is 17.3 Å². The van der Waals surface area contributed by atoms with Crippen molar-refractivity contribution in [1.29, 1.82) is 0 Å². The summed E-state index contributed by atoms with van der Waals surface area (Å²) in [6.45, 7) is 0.341. The van der Waals surface area contributed by atoms with Crippen LogP contribution >= 0.6 is 11.6 Å². The molecule has 6 nitrogen and oxygen atoms in total. The van der Waals surface area contributed by atoms with E-state index in [9.17, 15) is 13.6 Å². The molecular formula is C21H16ClF2N5O. The molecule has 1 N–H and O–H groups in total. The minimum absolute atomic E-state index is 0.154. The van der Waals surface area contributed by atoms with Crippen LogP contribution in [0.3, 0.4) is 0 Å². The van der Waals surface area contributed by atoms with Crippen molar-refractivity contribution in [2.75, 3.05) is 5.32 Å². The van der Waals surface area contributed by atoms with Crippen LogP contribution in [-0.2, 0) is 13.6 Å². The normalized spacial score (nSPS) is 10.9. The number of hydrogen-bond donors (Lipinski definition) is 1. The van der Waals surface area contributed by atoms with Crippen LogP contribution in [0.2, 0.25) is 5.02 Å². The van der Waals surface area contributed by atoms with Crippen molar-refractivity contribution in [2.24, 2.45) is 7.05 Å². The molecule has 0 saturated carbocycles. The summed E-state index contributed by atoms with van der Waals surface area (Å²) in [6, 6.07) is 12.5. The Kier molecular flexibility index (Phi) is 5.33. The van der Waals surface area contributed by atoms with E-state index in [1.807, 2.05) is 43.6 Å². The fourth-order valence-corrected chi connectivity index (χ4v) is 3.27. The average Bonchev–Trinajstić information content (AvgIpc) is 3.11. The van der Waals surface area contributed by atoms with Crippen LogP contribution in [0.4, 0.5) is 14.5 Å². The predicted octanol–water partition coefficient (Wildman–Crippen LogP) is 4.18. The van der Waals surface area contributed by atoms with Gasteiger partial charge in [-0.2, -0.15) is 14.9 Å². The van der Waals surface area contributed by atoms with Crippen molar-refractivity contribution in [3.8, 4) is 16.9 Å². The second-order valence-corrected chi connectivity index (χ2v) is 6.96.